The van der Waals surface area contributed by atoms with Gasteiger partial charge in [-0.05, 0) is 23.4 Å². The lowest BCUT2D eigenvalue weighted by Gasteiger charge is -2.02. The molecular formula is C11H10N4O. The van der Waals surface area contributed by atoms with Crippen LogP contribution in [0.2, 0.25) is 0 Å². The number of anilines is 1. The highest BCUT2D eigenvalue weighted by Gasteiger charge is 2.09. The van der Waals surface area contributed by atoms with Crippen molar-refractivity contribution in [2.75, 3.05) is 19.0 Å². The van der Waals surface area contributed by atoms with E-state index in [0.29, 0.717) is 17.4 Å². The third kappa shape index (κ3) is 1.86. The number of nitriles is 1. The number of hydrogen-bond acceptors (Lipinski definition) is 5. The van der Waals surface area contributed by atoms with Gasteiger partial charge < -0.3 is 9.42 Å². The number of aromatic nitrogens is 2. The summed E-state index contributed by atoms with van der Waals surface area (Å²) in [6.45, 7) is 0. The number of rotatable bonds is 2. The normalized spacial score (nSPS) is 9.81. The van der Waals surface area contributed by atoms with E-state index >= 15 is 0 Å². The molecule has 0 bridgehead atoms. The van der Waals surface area contributed by atoms with Gasteiger partial charge in [0.05, 0.1) is 11.6 Å². The Balaban J connectivity index is 2.39. The molecule has 2 aromatic rings. The van der Waals surface area contributed by atoms with Crippen molar-refractivity contribution in [1.29, 1.82) is 5.26 Å². The first-order valence-corrected chi connectivity index (χ1v) is 4.72. The average molecular weight is 214 g/mol. The van der Waals surface area contributed by atoms with E-state index in [0.717, 1.165) is 5.56 Å². The Labute approximate surface area is 92.9 Å². The fourth-order valence-electron chi connectivity index (χ4n) is 1.24. The van der Waals surface area contributed by atoms with Crippen molar-refractivity contribution in [3.8, 4) is 17.5 Å². The third-order valence-electron chi connectivity index (χ3n) is 2.05. The van der Waals surface area contributed by atoms with Gasteiger partial charge in [-0.15, -0.1) is 0 Å². The molecule has 0 fully saturated rings. The predicted molar refractivity (Wildman–Crippen MR) is 58.8 cm³/mol. The molecule has 1 aromatic carbocycles. The topological polar surface area (TPSA) is 66.0 Å². The molecule has 0 N–H and O–H groups in total. The molecule has 1 aromatic heterocycles. The van der Waals surface area contributed by atoms with Crippen LogP contribution >= 0.6 is 0 Å². The van der Waals surface area contributed by atoms with Crippen LogP contribution < -0.4 is 4.90 Å². The summed E-state index contributed by atoms with van der Waals surface area (Å²) in [5, 5.41) is 12.6. The molecule has 5 nitrogen and oxygen atoms in total. The standard InChI is InChI=1S/C11H10N4O/c1-15(2)11-13-10(16-14-11)9-5-3-4-8(6-9)7-12/h3-6H,1-2H3. The molecule has 0 aliphatic heterocycles. The van der Waals surface area contributed by atoms with Crippen molar-refractivity contribution in [2.45, 2.75) is 0 Å². The van der Waals surface area contributed by atoms with Gasteiger partial charge in [-0.3, -0.25) is 0 Å². The van der Waals surface area contributed by atoms with E-state index in [9.17, 15) is 0 Å². The monoisotopic (exact) mass is 214 g/mol. The fraction of sp³-hybridized carbons (Fsp3) is 0.182. The summed E-state index contributed by atoms with van der Waals surface area (Å²) in [6, 6.07) is 9.12. The van der Waals surface area contributed by atoms with E-state index < -0.39 is 0 Å². The van der Waals surface area contributed by atoms with Gasteiger partial charge in [0.15, 0.2) is 0 Å². The summed E-state index contributed by atoms with van der Waals surface area (Å²) in [7, 11) is 3.67. The molecule has 0 saturated carbocycles. The highest BCUT2D eigenvalue weighted by atomic mass is 16.5. The lowest BCUT2D eigenvalue weighted by molar-refractivity contribution is 0.431. The molecule has 5 heteroatoms. The second kappa shape index (κ2) is 4.03. The Morgan fingerprint density at radius 1 is 1.38 bits per heavy atom. The molecule has 0 amide bonds. The molecule has 0 aliphatic carbocycles. The van der Waals surface area contributed by atoms with Crippen LogP contribution in [0.4, 0.5) is 5.95 Å². The second-order valence-corrected chi connectivity index (χ2v) is 3.49. The van der Waals surface area contributed by atoms with Gasteiger partial charge in [0.1, 0.15) is 0 Å². The molecule has 0 spiro atoms. The minimum atomic E-state index is 0.417. The average Bonchev–Trinajstić information content (AvgIpc) is 2.78. The predicted octanol–water partition coefficient (Wildman–Crippen LogP) is 1.67. The van der Waals surface area contributed by atoms with Gasteiger partial charge in [0, 0.05) is 19.7 Å². The first kappa shape index (κ1) is 10.2. The smallest absolute Gasteiger partial charge is 0.265 e. The van der Waals surface area contributed by atoms with Crippen molar-refractivity contribution in [3.05, 3.63) is 29.8 Å². The number of hydrogen-bond donors (Lipinski definition) is 0. The Morgan fingerprint density at radius 3 is 2.81 bits per heavy atom. The van der Waals surface area contributed by atoms with Crippen molar-refractivity contribution in [2.24, 2.45) is 0 Å². The first-order valence-electron chi connectivity index (χ1n) is 4.72. The summed E-state index contributed by atoms with van der Waals surface area (Å²) in [6.07, 6.45) is 0. The second-order valence-electron chi connectivity index (χ2n) is 3.49. The summed E-state index contributed by atoms with van der Waals surface area (Å²) in [4.78, 5) is 5.95. The summed E-state index contributed by atoms with van der Waals surface area (Å²) in [5.74, 6) is 0.929. The van der Waals surface area contributed by atoms with Crippen molar-refractivity contribution < 1.29 is 4.52 Å². The summed E-state index contributed by atoms with van der Waals surface area (Å²) < 4.78 is 5.10. The number of benzene rings is 1. The highest BCUT2D eigenvalue weighted by molar-refractivity contribution is 5.57. The van der Waals surface area contributed by atoms with Crippen LogP contribution in [0, 0.1) is 11.3 Å². The van der Waals surface area contributed by atoms with E-state index in [-0.39, 0.29) is 0 Å². The fourth-order valence-corrected chi connectivity index (χ4v) is 1.24. The van der Waals surface area contributed by atoms with Crippen LogP contribution in [0.5, 0.6) is 0 Å². The largest absolute Gasteiger partial charge is 0.344 e. The quantitative estimate of drug-likeness (QED) is 0.760. The van der Waals surface area contributed by atoms with E-state index in [2.05, 4.69) is 16.2 Å². The van der Waals surface area contributed by atoms with Crippen LogP contribution in [0.3, 0.4) is 0 Å². The van der Waals surface area contributed by atoms with E-state index in [1.165, 1.54) is 0 Å². The molecule has 0 radical (unpaired) electrons. The Kier molecular flexibility index (Phi) is 2.56. The maximum absolute atomic E-state index is 8.78. The highest BCUT2D eigenvalue weighted by Crippen LogP contribution is 2.20. The van der Waals surface area contributed by atoms with Crippen molar-refractivity contribution in [3.63, 3.8) is 0 Å². The van der Waals surface area contributed by atoms with E-state index in [1.54, 1.807) is 23.1 Å². The van der Waals surface area contributed by atoms with Gasteiger partial charge >= 0.3 is 0 Å². The minimum Gasteiger partial charge on any atom is -0.344 e. The van der Waals surface area contributed by atoms with E-state index in [1.807, 2.05) is 20.2 Å². The van der Waals surface area contributed by atoms with Crippen LogP contribution in [0.25, 0.3) is 11.5 Å². The lowest BCUT2D eigenvalue weighted by Crippen LogP contribution is -2.09. The van der Waals surface area contributed by atoms with Crippen molar-refractivity contribution in [1.82, 2.24) is 10.1 Å². The van der Waals surface area contributed by atoms with Gasteiger partial charge in [-0.2, -0.15) is 10.2 Å². The maximum atomic E-state index is 8.78. The SMILES string of the molecule is CN(C)c1noc(-c2cccc(C#N)c2)n1. The molecule has 0 aliphatic rings. The maximum Gasteiger partial charge on any atom is 0.265 e. The lowest BCUT2D eigenvalue weighted by atomic mass is 10.1. The van der Waals surface area contributed by atoms with Crippen LogP contribution in [0.15, 0.2) is 28.8 Å². The third-order valence-corrected chi connectivity index (χ3v) is 2.05. The van der Waals surface area contributed by atoms with Gasteiger partial charge in [0.2, 0.25) is 0 Å². The zero-order chi connectivity index (χ0) is 11.5. The molecular weight excluding hydrogens is 204 g/mol. The first-order chi connectivity index (χ1) is 7.70. The molecule has 0 unspecified atom stereocenters. The molecule has 0 saturated heterocycles. The molecule has 0 atom stereocenters. The van der Waals surface area contributed by atoms with Crippen LogP contribution in [-0.4, -0.2) is 24.2 Å². The van der Waals surface area contributed by atoms with Gasteiger partial charge in [-0.1, -0.05) is 6.07 Å². The molecule has 2 rings (SSSR count). The Morgan fingerprint density at radius 2 is 2.19 bits per heavy atom. The minimum absolute atomic E-state index is 0.417. The molecule has 80 valence electrons. The zero-order valence-corrected chi connectivity index (χ0v) is 9.01. The van der Waals surface area contributed by atoms with Crippen LogP contribution in [0.1, 0.15) is 5.56 Å². The molecule has 1 heterocycles. The summed E-state index contributed by atoms with van der Waals surface area (Å²) >= 11 is 0. The van der Waals surface area contributed by atoms with E-state index in [4.69, 9.17) is 9.78 Å². The zero-order valence-electron chi connectivity index (χ0n) is 9.01. The Bertz CT molecular complexity index is 539. The number of nitrogens with zero attached hydrogens (tertiary/aromatic N) is 4. The van der Waals surface area contributed by atoms with Gasteiger partial charge in [0.25, 0.3) is 11.8 Å². The summed E-state index contributed by atoms with van der Waals surface area (Å²) in [5.41, 5.74) is 1.32. The van der Waals surface area contributed by atoms with Gasteiger partial charge in [-0.25, -0.2) is 0 Å². The Hall–Kier alpha value is -2.35. The molecule has 16 heavy (non-hydrogen) atoms. The van der Waals surface area contributed by atoms with Crippen LogP contribution in [-0.2, 0) is 0 Å². The van der Waals surface area contributed by atoms with Crippen molar-refractivity contribution >= 4 is 5.95 Å².